The summed E-state index contributed by atoms with van der Waals surface area (Å²) in [5.41, 5.74) is 0. The van der Waals surface area contributed by atoms with Gasteiger partial charge >= 0.3 is 0 Å². The first-order valence-electron chi connectivity index (χ1n) is 4.49. The van der Waals surface area contributed by atoms with Gasteiger partial charge in [-0.3, -0.25) is 0 Å². The second-order valence-electron chi connectivity index (χ2n) is 3.16. The van der Waals surface area contributed by atoms with E-state index in [1.54, 1.807) is 0 Å². The maximum Gasteiger partial charge on any atom is 0.0155 e. The van der Waals surface area contributed by atoms with Crippen LogP contribution in [0.4, 0.5) is 0 Å². The van der Waals surface area contributed by atoms with Crippen molar-refractivity contribution in [1.82, 2.24) is 5.32 Å². The predicted molar refractivity (Wildman–Crippen MR) is 55.3 cm³/mol. The van der Waals surface area contributed by atoms with Crippen molar-refractivity contribution in [2.75, 3.05) is 12.8 Å². The molecule has 0 aliphatic rings. The molecule has 1 atom stereocenters. The summed E-state index contributed by atoms with van der Waals surface area (Å²) >= 11 is 2.04. The monoisotopic (exact) mass is 175 g/mol. The van der Waals surface area contributed by atoms with E-state index in [2.05, 4.69) is 33.1 Å². The van der Waals surface area contributed by atoms with E-state index in [4.69, 9.17) is 0 Å². The fourth-order valence-corrected chi connectivity index (χ4v) is 1.92. The molecule has 2 heteroatoms. The fourth-order valence-electron chi connectivity index (χ4n) is 0.968. The lowest BCUT2D eigenvalue weighted by atomic mass is 10.2. The minimum atomic E-state index is 0.715. The van der Waals surface area contributed by atoms with Crippen LogP contribution in [-0.4, -0.2) is 24.1 Å². The summed E-state index contributed by atoms with van der Waals surface area (Å²) < 4.78 is 0. The van der Waals surface area contributed by atoms with Crippen LogP contribution in [0.25, 0.3) is 0 Å². The van der Waals surface area contributed by atoms with Crippen LogP contribution in [0.5, 0.6) is 0 Å². The molecule has 0 fully saturated rings. The van der Waals surface area contributed by atoms with E-state index in [9.17, 15) is 0 Å². The lowest BCUT2D eigenvalue weighted by Crippen LogP contribution is -2.27. The van der Waals surface area contributed by atoms with E-state index in [1.165, 1.54) is 18.6 Å². The van der Waals surface area contributed by atoms with Crippen molar-refractivity contribution in [3.8, 4) is 0 Å². The van der Waals surface area contributed by atoms with Gasteiger partial charge in [-0.05, 0) is 18.7 Å². The molecule has 0 rings (SSSR count). The van der Waals surface area contributed by atoms with Crippen LogP contribution in [0.1, 0.15) is 33.6 Å². The Morgan fingerprint density at radius 2 is 2.00 bits per heavy atom. The number of hydrogen-bond donors (Lipinski definition) is 1. The summed E-state index contributed by atoms with van der Waals surface area (Å²) in [4.78, 5) is 0. The molecule has 0 spiro atoms. The van der Waals surface area contributed by atoms with E-state index >= 15 is 0 Å². The summed E-state index contributed by atoms with van der Waals surface area (Å²) in [5, 5.41) is 4.10. The topological polar surface area (TPSA) is 12.0 Å². The summed E-state index contributed by atoms with van der Waals surface area (Å²) in [7, 11) is 2.06. The van der Waals surface area contributed by atoms with Crippen molar-refractivity contribution in [3.63, 3.8) is 0 Å². The van der Waals surface area contributed by atoms with Gasteiger partial charge in [0.25, 0.3) is 0 Å². The Morgan fingerprint density at radius 3 is 2.36 bits per heavy atom. The van der Waals surface area contributed by atoms with E-state index in [1.807, 2.05) is 11.8 Å². The van der Waals surface area contributed by atoms with Crippen molar-refractivity contribution >= 4 is 11.8 Å². The van der Waals surface area contributed by atoms with Crippen LogP contribution < -0.4 is 5.32 Å². The number of nitrogens with one attached hydrogen (secondary N) is 1. The minimum Gasteiger partial charge on any atom is -0.316 e. The molecule has 0 aliphatic carbocycles. The molecular formula is C9H21NS. The highest BCUT2D eigenvalue weighted by molar-refractivity contribution is 7.99. The number of rotatable bonds is 6. The van der Waals surface area contributed by atoms with Crippen molar-refractivity contribution in [1.29, 1.82) is 0 Å². The van der Waals surface area contributed by atoms with Crippen molar-refractivity contribution < 1.29 is 0 Å². The molecule has 1 unspecified atom stereocenters. The second kappa shape index (κ2) is 6.99. The van der Waals surface area contributed by atoms with Crippen LogP contribution in [-0.2, 0) is 0 Å². The Bertz CT molecular complexity index is 83.6. The third kappa shape index (κ3) is 6.70. The van der Waals surface area contributed by atoms with Crippen LogP contribution in [0.2, 0.25) is 0 Å². The quantitative estimate of drug-likeness (QED) is 0.666. The number of hydrogen-bond acceptors (Lipinski definition) is 2. The maximum atomic E-state index is 3.34. The van der Waals surface area contributed by atoms with Gasteiger partial charge in [-0.1, -0.05) is 27.2 Å². The molecule has 0 aromatic heterocycles. The third-order valence-corrected chi connectivity index (χ3v) is 2.94. The lowest BCUT2D eigenvalue weighted by Gasteiger charge is -2.15. The van der Waals surface area contributed by atoms with Crippen LogP contribution in [0.15, 0.2) is 0 Å². The van der Waals surface area contributed by atoms with Gasteiger partial charge in [0.15, 0.2) is 0 Å². The van der Waals surface area contributed by atoms with E-state index in [0.717, 1.165) is 5.25 Å². The van der Waals surface area contributed by atoms with E-state index in [-0.39, 0.29) is 0 Å². The van der Waals surface area contributed by atoms with Crippen LogP contribution in [0.3, 0.4) is 0 Å². The highest BCUT2D eigenvalue weighted by Gasteiger charge is 2.05. The van der Waals surface area contributed by atoms with Gasteiger partial charge in [-0.25, -0.2) is 0 Å². The molecule has 0 saturated heterocycles. The molecule has 0 heterocycles. The molecule has 11 heavy (non-hydrogen) atoms. The first kappa shape index (κ1) is 11.3. The minimum absolute atomic E-state index is 0.715. The molecule has 0 aromatic carbocycles. The zero-order valence-corrected chi connectivity index (χ0v) is 9.00. The molecule has 1 N–H and O–H groups in total. The first-order chi connectivity index (χ1) is 5.20. The highest BCUT2D eigenvalue weighted by Crippen LogP contribution is 2.12. The Balaban J connectivity index is 3.35. The molecule has 68 valence electrons. The standard InChI is InChI=1S/C9H21NS/c1-5-6-9(10-4)7-11-8(2)3/h8-10H,5-7H2,1-4H3. The highest BCUT2D eigenvalue weighted by atomic mass is 32.2. The fraction of sp³-hybridized carbons (Fsp3) is 1.00. The summed E-state index contributed by atoms with van der Waals surface area (Å²) in [6.45, 7) is 6.75. The van der Waals surface area contributed by atoms with Gasteiger partial charge in [0.1, 0.15) is 0 Å². The Labute approximate surface area is 75.3 Å². The Hall–Kier alpha value is 0.310. The molecule has 0 aromatic rings. The largest absolute Gasteiger partial charge is 0.316 e. The SMILES string of the molecule is CCCC(CSC(C)C)NC. The molecule has 0 radical (unpaired) electrons. The predicted octanol–water partition coefficient (Wildman–Crippen LogP) is 2.52. The van der Waals surface area contributed by atoms with Gasteiger partial charge < -0.3 is 5.32 Å². The molecule has 0 aliphatic heterocycles. The Morgan fingerprint density at radius 1 is 1.36 bits per heavy atom. The van der Waals surface area contributed by atoms with Gasteiger partial charge in [0.05, 0.1) is 0 Å². The average molecular weight is 175 g/mol. The summed E-state index contributed by atoms with van der Waals surface area (Å²) in [5.74, 6) is 1.25. The normalized spacial score (nSPS) is 13.9. The molecule has 0 saturated carbocycles. The summed E-state index contributed by atoms with van der Waals surface area (Å²) in [6.07, 6.45) is 2.58. The van der Waals surface area contributed by atoms with E-state index < -0.39 is 0 Å². The van der Waals surface area contributed by atoms with Gasteiger partial charge in [-0.15, -0.1) is 0 Å². The van der Waals surface area contributed by atoms with Crippen molar-refractivity contribution in [2.45, 2.75) is 44.9 Å². The summed E-state index contributed by atoms with van der Waals surface area (Å²) in [6, 6.07) is 0.715. The van der Waals surface area contributed by atoms with Gasteiger partial charge in [0, 0.05) is 11.8 Å². The van der Waals surface area contributed by atoms with Gasteiger partial charge in [-0.2, -0.15) is 11.8 Å². The smallest absolute Gasteiger partial charge is 0.0155 e. The molecular weight excluding hydrogens is 154 g/mol. The van der Waals surface area contributed by atoms with Crippen molar-refractivity contribution in [3.05, 3.63) is 0 Å². The van der Waals surface area contributed by atoms with Gasteiger partial charge in [0.2, 0.25) is 0 Å². The first-order valence-corrected chi connectivity index (χ1v) is 5.54. The number of thioether (sulfide) groups is 1. The van der Waals surface area contributed by atoms with E-state index in [0.29, 0.717) is 6.04 Å². The Kier molecular flexibility index (Phi) is 7.18. The molecule has 1 nitrogen and oxygen atoms in total. The lowest BCUT2D eigenvalue weighted by molar-refractivity contribution is 0.564. The average Bonchev–Trinajstić information content (AvgIpc) is 1.97. The zero-order chi connectivity index (χ0) is 8.69. The van der Waals surface area contributed by atoms with Crippen LogP contribution in [0, 0.1) is 0 Å². The molecule has 0 bridgehead atoms. The second-order valence-corrected chi connectivity index (χ2v) is 4.77. The zero-order valence-electron chi connectivity index (χ0n) is 8.18. The third-order valence-electron chi connectivity index (χ3n) is 1.68. The van der Waals surface area contributed by atoms with Crippen molar-refractivity contribution in [2.24, 2.45) is 0 Å². The molecule has 0 amide bonds. The van der Waals surface area contributed by atoms with Crippen LogP contribution >= 0.6 is 11.8 Å². The maximum absolute atomic E-state index is 3.34.